The maximum Gasteiger partial charge on any atom is 0.316 e. The van der Waals surface area contributed by atoms with Crippen LogP contribution in [0.25, 0.3) is 0 Å². The Morgan fingerprint density at radius 2 is 1.66 bits per heavy atom. The van der Waals surface area contributed by atoms with Gasteiger partial charge in [-0.15, -0.1) is 0 Å². The highest BCUT2D eigenvalue weighted by molar-refractivity contribution is 6.22. The molecule has 180 valence electrons. The number of hydrogen-bond donors (Lipinski definition) is 0. The molecule has 2 aromatic carbocycles. The minimum Gasteiger partial charge on any atom is -0.497 e. The lowest BCUT2D eigenvalue weighted by Gasteiger charge is -2.18. The van der Waals surface area contributed by atoms with E-state index in [0.717, 1.165) is 5.57 Å². The minimum atomic E-state index is -0.625. The summed E-state index contributed by atoms with van der Waals surface area (Å²) in [5.74, 6) is -1.52. The van der Waals surface area contributed by atoms with Crippen LogP contribution in [0, 0.1) is 17.8 Å². The molecular formula is C27H26N2O6. The summed E-state index contributed by atoms with van der Waals surface area (Å²) >= 11 is 0. The van der Waals surface area contributed by atoms with E-state index in [9.17, 15) is 19.2 Å². The van der Waals surface area contributed by atoms with Crippen LogP contribution < -0.4 is 19.3 Å². The molecular weight excluding hydrogens is 448 g/mol. The van der Waals surface area contributed by atoms with Crippen LogP contribution in [0.2, 0.25) is 0 Å². The fraction of sp³-hybridized carbons (Fsp3) is 0.333. The van der Waals surface area contributed by atoms with Crippen molar-refractivity contribution in [2.75, 3.05) is 23.5 Å². The fourth-order valence-corrected chi connectivity index (χ4v) is 5.05. The number of benzene rings is 2. The molecule has 2 fully saturated rings. The molecule has 0 bridgehead atoms. The van der Waals surface area contributed by atoms with Gasteiger partial charge in [0.05, 0.1) is 30.6 Å². The van der Waals surface area contributed by atoms with Gasteiger partial charge in [0.25, 0.3) is 0 Å². The molecule has 35 heavy (non-hydrogen) atoms. The van der Waals surface area contributed by atoms with Crippen LogP contribution in [0.4, 0.5) is 11.4 Å². The highest BCUT2D eigenvalue weighted by Crippen LogP contribution is 2.40. The first-order valence-corrected chi connectivity index (χ1v) is 11.7. The predicted molar refractivity (Wildman–Crippen MR) is 128 cm³/mol. The van der Waals surface area contributed by atoms with Crippen molar-refractivity contribution < 1.29 is 28.7 Å². The standard InChI is InChI=1S/C27H26N2O6/c1-16-6-11-22-23(12-16)26(32)29(25(22)31)19-4-3-5-21(14-19)35-27(33)17-13-24(30)28(15-17)18-7-9-20(34-2)10-8-18/h3-10,14,17,22-23H,11-13,15H2,1-2H3/t17-,22+,23-/m1/s1. The normalized spacial score (nSPS) is 23.9. The van der Waals surface area contributed by atoms with Crippen molar-refractivity contribution in [2.24, 2.45) is 17.8 Å². The van der Waals surface area contributed by atoms with Crippen molar-refractivity contribution >= 4 is 35.1 Å². The van der Waals surface area contributed by atoms with Gasteiger partial charge in [0, 0.05) is 24.7 Å². The summed E-state index contributed by atoms with van der Waals surface area (Å²) in [6.45, 7) is 2.18. The molecule has 2 saturated heterocycles. The topological polar surface area (TPSA) is 93.2 Å². The molecule has 8 nitrogen and oxygen atoms in total. The number of rotatable bonds is 5. The highest BCUT2D eigenvalue weighted by Gasteiger charge is 2.48. The Labute approximate surface area is 203 Å². The van der Waals surface area contributed by atoms with Crippen molar-refractivity contribution in [2.45, 2.75) is 26.2 Å². The van der Waals surface area contributed by atoms with E-state index in [1.54, 1.807) is 54.5 Å². The molecule has 2 aliphatic heterocycles. The van der Waals surface area contributed by atoms with E-state index in [1.807, 2.05) is 13.0 Å². The third-order valence-electron chi connectivity index (χ3n) is 6.96. The average Bonchev–Trinajstić information content (AvgIpc) is 3.36. The van der Waals surface area contributed by atoms with Crippen molar-refractivity contribution in [3.8, 4) is 11.5 Å². The number of amides is 3. The van der Waals surface area contributed by atoms with Crippen molar-refractivity contribution in [3.05, 3.63) is 60.2 Å². The maximum absolute atomic E-state index is 13.0. The summed E-state index contributed by atoms with van der Waals surface area (Å²) in [6.07, 6.45) is 3.21. The molecule has 3 atom stereocenters. The molecule has 0 aromatic heterocycles. The number of ether oxygens (including phenoxy) is 2. The Kier molecular flexibility index (Phi) is 5.88. The summed E-state index contributed by atoms with van der Waals surface area (Å²) in [5.41, 5.74) is 2.19. The summed E-state index contributed by atoms with van der Waals surface area (Å²) in [6, 6.07) is 13.5. The van der Waals surface area contributed by atoms with Gasteiger partial charge in [-0.2, -0.15) is 0 Å². The summed E-state index contributed by atoms with van der Waals surface area (Å²) < 4.78 is 10.7. The monoisotopic (exact) mass is 474 g/mol. The van der Waals surface area contributed by atoms with E-state index >= 15 is 0 Å². The number of nitrogens with zero attached hydrogens (tertiary/aromatic N) is 2. The van der Waals surface area contributed by atoms with Gasteiger partial charge < -0.3 is 14.4 Å². The Morgan fingerprint density at radius 1 is 0.914 bits per heavy atom. The Balaban J connectivity index is 1.28. The Hall–Kier alpha value is -3.94. The number of carbonyl (C=O) groups is 4. The molecule has 8 heteroatoms. The molecule has 5 rings (SSSR count). The third-order valence-corrected chi connectivity index (χ3v) is 6.96. The van der Waals surface area contributed by atoms with E-state index in [4.69, 9.17) is 9.47 Å². The molecule has 1 aliphatic carbocycles. The number of fused-ring (bicyclic) bond motifs is 1. The van der Waals surface area contributed by atoms with Crippen molar-refractivity contribution in [1.29, 1.82) is 0 Å². The number of methoxy groups -OCH3 is 1. The summed E-state index contributed by atoms with van der Waals surface area (Å²) in [7, 11) is 1.57. The van der Waals surface area contributed by atoms with Crippen LogP contribution in [-0.4, -0.2) is 37.3 Å². The van der Waals surface area contributed by atoms with E-state index in [-0.39, 0.29) is 48.3 Å². The van der Waals surface area contributed by atoms with E-state index in [0.29, 0.717) is 30.0 Å². The zero-order valence-corrected chi connectivity index (χ0v) is 19.6. The van der Waals surface area contributed by atoms with E-state index in [2.05, 4.69) is 0 Å². The van der Waals surface area contributed by atoms with Gasteiger partial charge in [-0.1, -0.05) is 17.7 Å². The lowest BCUT2D eigenvalue weighted by molar-refractivity contribution is -0.139. The summed E-state index contributed by atoms with van der Waals surface area (Å²) in [4.78, 5) is 54.1. The lowest BCUT2D eigenvalue weighted by Crippen LogP contribution is -2.31. The van der Waals surface area contributed by atoms with Crippen molar-refractivity contribution in [3.63, 3.8) is 0 Å². The van der Waals surface area contributed by atoms with Gasteiger partial charge in [0.1, 0.15) is 11.5 Å². The summed E-state index contributed by atoms with van der Waals surface area (Å²) in [5, 5.41) is 0. The zero-order valence-electron chi connectivity index (χ0n) is 19.6. The number of anilines is 2. The van der Waals surface area contributed by atoms with Gasteiger partial charge in [-0.25, -0.2) is 4.90 Å². The maximum atomic E-state index is 13.0. The van der Waals surface area contributed by atoms with Gasteiger partial charge >= 0.3 is 5.97 Å². The molecule has 0 radical (unpaired) electrons. The molecule has 0 unspecified atom stereocenters. The molecule has 2 heterocycles. The second-order valence-corrected chi connectivity index (χ2v) is 9.24. The Morgan fingerprint density at radius 3 is 2.40 bits per heavy atom. The molecule has 2 aromatic rings. The lowest BCUT2D eigenvalue weighted by atomic mass is 9.82. The first-order valence-electron chi connectivity index (χ1n) is 11.7. The van der Waals surface area contributed by atoms with Gasteiger partial charge in [-0.05, 0) is 56.2 Å². The SMILES string of the molecule is COc1ccc(N2C[C@H](C(=O)Oc3cccc(N4C(=O)[C@H]5CC=C(C)C[C@H]5C4=O)c3)CC2=O)cc1. The highest BCUT2D eigenvalue weighted by atomic mass is 16.5. The fourth-order valence-electron chi connectivity index (χ4n) is 5.05. The van der Waals surface area contributed by atoms with Crippen LogP contribution in [-0.2, 0) is 19.2 Å². The molecule has 0 saturated carbocycles. The van der Waals surface area contributed by atoms with Crippen molar-refractivity contribution in [1.82, 2.24) is 0 Å². The van der Waals surface area contributed by atoms with Gasteiger partial charge in [0.2, 0.25) is 17.7 Å². The van der Waals surface area contributed by atoms with Crippen LogP contribution in [0.1, 0.15) is 26.2 Å². The van der Waals surface area contributed by atoms with Crippen LogP contribution in [0.3, 0.4) is 0 Å². The smallest absolute Gasteiger partial charge is 0.316 e. The van der Waals surface area contributed by atoms with Crippen LogP contribution in [0.5, 0.6) is 11.5 Å². The number of imide groups is 1. The number of carbonyl (C=O) groups excluding carboxylic acids is 4. The van der Waals surface area contributed by atoms with Gasteiger partial charge in [0.15, 0.2) is 0 Å². The Bertz CT molecular complexity index is 1230. The number of esters is 1. The van der Waals surface area contributed by atoms with Crippen LogP contribution in [0.15, 0.2) is 60.2 Å². The average molecular weight is 475 g/mol. The third kappa shape index (κ3) is 4.20. The minimum absolute atomic E-state index is 0.0450. The molecule has 3 aliphatic rings. The largest absolute Gasteiger partial charge is 0.497 e. The second-order valence-electron chi connectivity index (χ2n) is 9.24. The van der Waals surface area contributed by atoms with E-state index < -0.39 is 11.9 Å². The van der Waals surface area contributed by atoms with E-state index in [1.165, 1.54) is 11.0 Å². The molecule has 0 N–H and O–H groups in total. The van der Waals surface area contributed by atoms with Gasteiger partial charge in [-0.3, -0.25) is 19.2 Å². The molecule has 0 spiro atoms. The second kappa shape index (κ2) is 9.02. The number of allylic oxidation sites excluding steroid dienone is 2. The van der Waals surface area contributed by atoms with Crippen LogP contribution >= 0.6 is 0 Å². The zero-order chi connectivity index (χ0) is 24.7. The quantitative estimate of drug-likeness (QED) is 0.285. The predicted octanol–water partition coefficient (Wildman–Crippen LogP) is 3.50. The number of hydrogen-bond acceptors (Lipinski definition) is 6. The first kappa shape index (κ1) is 22.8. The molecule has 3 amide bonds. The first-order chi connectivity index (χ1) is 16.9.